The zero-order valence-corrected chi connectivity index (χ0v) is 12.8. The predicted octanol–water partition coefficient (Wildman–Crippen LogP) is 3.77. The van der Waals surface area contributed by atoms with Gasteiger partial charge in [0.05, 0.1) is 12.8 Å². The van der Waals surface area contributed by atoms with Gasteiger partial charge in [-0.1, -0.05) is 19.1 Å². The molecule has 2 rings (SSSR count). The summed E-state index contributed by atoms with van der Waals surface area (Å²) in [5, 5.41) is 2.40. The van der Waals surface area contributed by atoms with E-state index in [1.165, 1.54) is 13.2 Å². The summed E-state index contributed by atoms with van der Waals surface area (Å²) in [7, 11) is 1.50. The van der Waals surface area contributed by atoms with Crippen molar-refractivity contribution in [3.63, 3.8) is 0 Å². The molecule has 0 radical (unpaired) electrons. The number of benzene rings is 2. The number of ether oxygens (including phenoxy) is 2. The normalized spacial score (nSPS) is 11.7. The molecule has 0 bridgehead atoms. The van der Waals surface area contributed by atoms with Crippen LogP contribution in [0.3, 0.4) is 0 Å². The lowest BCUT2D eigenvalue weighted by Crippen LogP contribution is -2.32. The topological polar surface area (TPSA) is 47.6 Å². The maximum Gasteiger partial charge on any atom is 0.265 e. The van der Waals surface area contributed by atoms with Crippen LogP contribution in [-0.4, -0.2) is 19.1 Å². The van der Waals surface area contributed by atoms with E-state index in [2.05, 4.69) is 5.32 Å². The lowest BCUT2D eigenvalue weighted by atomic mass is 10.2. The fraction of sp³-hybridized carbons (Fsp3) is 0.235. The van der Waals surface area contributed by atoms with Gasteiger partial charge in [-0.15, -0.1) is 0 Å². The Morgan fingerprint density at radius 2 is 1.87 bits per heavy atom. The average molecular weight is 321 g/mol. The smallest absolute Gasteiger partial charge is 0.265 e. The average Bonchev–Trinajstić information content (AvgIpc) is 2.55. The van der Waals surface area contributed by atoms with Gasteiger partial charge in [-0.25, -0.2) is 8.78 Å². The summed E-state index contributed by atoms with van der Waals surface area (Å²) in [5.74, 6) is -1.17. The molecule has 1 amide bonds. The highest BCUT2D eigenvalue weighted by Gasteiger charge is 2.21. The molecule has 0 spiro atoms. The molecule has 1 N–H and O–H groups in total. The Morgan fingerprint density at radius 1 is 1.17 bits per heavy atom. The minimum absolute atomic E-state index is 0.0986. The van der Waals surface area contributed by atoms with Crippen molar-refractivity contribution in [1.82, 2.24) is 0 Å². The van der Waals surface area contributed by atoms with E-state index in [0.717, 1.165) is 6.07 Å². The molecule has 0 heterocycles. The van der Waals surface area contributed by atoms with Crippen molar-refractivity contribution in [3.05, 3.63) is 54.1 Å². The molecular weight excluding hydrogens is 304 g/mol. The molecule has 122 valence electrons. The Kier molecular flexibility index (Phi) is 5.51. The highest BCUT2D eigenvalue weighted by molar-refractivity contribution is 5.94. The highest BCUT2D eigenvalue weighted by atomic mass is 19.1. The summed E-state index contributed by atoms with van der Waals surface area (Å²) in [6, 6.07) is 9.85. The van der Waals surface area contributed by atoms with E-state index in [1.54, 1.807) is 31.2 Å². The number of methoxy groups -OCH3 is 1. The summed E-state index contributed by atoms with van der Waals surface area (Å²) in [5.41, 5.74) is -0.0986. The highest BCUT2D eigenvalue weighted by Crippen LogP contribution is 2.27. The molecule has 0 aliphatic carbocycles. The molecule has 6 heteroatoms. The standard InChI is InChI=1S/C17H17F2NO3/c1-3-14(23-16-7-5-4-6-15(16)22-2)17(21)20-13-9-8-11(18)10-12(13)19/h4-10,14H,3H2,1-2H3,(H,20,21)/t14-/m1/s1. The Hall–Kier alpha value is -2.63. The first-order chi connectivity index (χ1) is 11.0. The lowest BCUT2D eigenvalue weighted by molar-refractivity contribution is -0.122. The van der Waals surface area contributed by atoms with Crippen LogP contribution in [0.25, 0.3) is 0 Å². The van der Waals surface area contributed by atoms with E-state index in [0.29, 0.717) is 24.0 Å². The number of hydrogen-bond acceptors (Lipinski definition) is 3. The predicted molar refractivity (Wildman–Crippen MR) is 82.7 cm³/mol. The molecule has 2 aromatic carbocycles. The molecule has 4 nitrogen and oxygen atoms in total. The fourth-order valence-corrected chi connectivity index (χ4v) is 2.00. The van der Waals surface area contributed by atoms with Crippen molar-refractivity contribution in [2.75, 3.05) is 12.4 Å². The summed E-state index contributed by atoms with van der Waals surface area (Å²) >= 11 is 0. The maximum atomic E-state index is 13.6. The monoisotopic (exact) mass is 321 g/mol. The third-order valence-electron chi connectivity index (χ3n) is 3.19. The van der Waals surface area contributed by atoms with E-state index in [4.69, 9.17) is 9.47 Å². The minimum atomic E-state index is -0.842. The Bertz CT molecular complexity index is 691. The molecule has 0 unspecified atom stereocenters. The van der Waals surface area contributed by atoms with E-state index >= 15 is 0 Å². The number of rotatable bonds is 6. The number of nitrogens with one attached hydrogen (secondary N) is 1. The van der Waals surface area contributed by atoms with Crippen molar-refractivity contribution in [3.8, 4) is 11.5 Å². The third-order valence-corrected chi connectivity index (χ3v) is 3.19. The largest absolute Gasteiger partial charge is 0.493 e. The summed E-state index contributed by atoms with van der Waals surface area (Å²) in [6.07, 6.45) is -0.470. The first kappa shape index (κ1) is 16.7. The number of hydrogen-bond donors (Lipinski definition) is 1. The van der Waals surface area contributed by atoms with Crippen LogP contribution in [0.15, 0.2) is 42.5 Å². The number of para-hydroxylation sites is 2. The number of carbonyl (C=O) groups is 1. The molecule has 0 saturated heterocycles. The van der Waals surface area contributed by atoms with Crippen LogP contribution < -0.4 is 14.8 Å². The van der Waals surface area contributed by atoms with Crippen molar-refractivity contribution < 1.29 is 23.0 Å². The molecule has 2 aromatic rings. The van der Waals surface area contributed by atoms with Gasteiger partial charge in [0.15, 0.2) is 17.6 Å². The van der Waals surface area contributed by atoms with E-state index in [9.17, 15) is 13.6 Å². The molecule has 0 aliphatic heterocycles. The van der Waals surface area contributed by atoms with Gasteiger partial charge < -0.3 is 14.8 Å². The minimum Gasteiger partial charge on any atom is -0.493 e. The van der Waals surface area contributed by atoms with Crippen molar-refractivity contribution in [2.24, 2.45) is 0 Å². The molecule has 0 aromatic heterocycles. The summed E-state index contributed by atoms with van der Waals surface area (Å²) < 4.78 is 37.3. The van der Waals surface area contributed by atoms with Gasteiger partial charge in [-0.3, -0.25) is 4.79 Å². The van der Waals surface area contributed by atoms with Gasteiger partial charge in [0, 0.05) is 6.07 Å². The molecule has 0 fully saturated rings. The maximum absolute atomic E-state index is 13.6. The lowest BCUT2D eigenvalue weighted by Gasteiger charge is -2.19. The first-order valence-electron chi connectivity index (χ1n) is 7.10. The van der Waals surface area contributed by atoms with E-state index in [1.807, 2.05) is 0 Å². The number of anilines is 1. The van der Waals surface area contributed by atoms with E-state index < -0.39 is 23.6 Å². The number of amides is 1. The van der Waals surface area contributed by atoms with Crippen LogP contribution in [0.4, 0.5) is 14.5 Å². The molecule has 1 atom stereocenters. The second-order valence-corrected chi connectivity index (χ2v) is 4.78. The Balaban J connectivity index is 2.12. The molecule has 0 aliphatic rings. The number of carbonyl (C=O) groups excluding carboxylic acids is 1. The van der Waals surface area contributed by atoms with Gasteiger partial charge in [0.1, 0.15) is 11.6 Å². The third kappa shape index (κ3) is 4.18. The fourth-order valence-electron chi connectivity index (χ4n) is 2.00. The summed E-state index contributed by atoms with van der Waals surface area (Å²) in [6.45, 7) is 1.76. The SMILES string of the molecule is CC[C@@H](Oc1ccccc1OC)C(=O)Nc1ccc(F)cc1F. The van der Waals surface area contributed by atoms with Crippen molar-refractivity contribution >= 4 is 11.6 Å². The van der Waals surface area contributed by atoms with Gasteiger partial charge in [0.25, 0.3) is 5.91 Å². The van der Waals surface area contributed by atoms with Crippen molar-refractivity contribution in [1.29, 1.82) is 0 Å². The second-order valence-electron chi connectivity index (χ2n) is 4.78. The van der Waals surface area contributed by atoms with Crippen LogP contribution >= 0.6 is 0 Å². The van der Waals surface area contributed by atoms with Crippen LogP contribution in [0.1, 0.15) is 13.3 Å². The number of halogens is 2. The zero-order chi connectivity index (χ0) is 16.8. The molecular formula is C17H17F2NO3. The quantitative estimate of drug-likeness (QED) is 0.881. The zero-order valence-electron chi connectivity index (χ0n) is 12.8. The van der Waals surface area contributed by atoms with Gasteiger partial charge >= 0.3 is 0 Å². The molecule has 0 saturated carbocycles. The van der Waals surface area contributed by atoms with Crippen molar-refractivity contribution in [2.45, 2.75) is 19.4 Å². The van der Waals surface area contributed by atoms with Gasteiger partial charge in [-0.2, -0.15) is 0 Å². The van der Waals surface area contributed by atoms with Crippen LogP contribution in [0.2, 0.25) is 0 Å². The van der Waals surface area contributed by atoms with Crippen LogP contribution in [-0.2, 0) is 4.79 Å². The van der Waals surface area contributed by atoms with Gasteiger partial charge in [0.2, 0.25) is 0 Å². The van der Waals surface area contributed by atoms with Crippen LogP contribution in [0, 0.1) is 11.6 Å². The van der Waals surface area contributed by atoms with Crippen LogP contribution in [0.5, 0.6) is 11.5 Å². The first-order valence-corrected chi connectivity index (χ1v) is 7.10. The second kappa shape index (κ2) is 7.58. The van der Waals surface area contributed by atoms with Gasteiger partial charge in [-0.05, 0) is 30.7 Å². The van der Waals surface area contributed by atoms with E-state index in [-0.39, 0.29) is 5.69 Å². The Morgan fingerprint density at radius 3 is 2.48 bits per heavy atom. The molecule has 23 heavy (non-hydrogen) atoms. The Labute approximate surface area is 133 Å². The summed E-state index contributed by atoms with van der Waals surface area (Å²) in [4.78, 5) is 12.2.